The lowest BCUT2D eigenvalue weighted by Crippen LogP contribution is -2.22. The minimum absolute atomic E-state index is 0.121. The van der Waals surface area contributed by atoms with Crippen LogP contribution in [0, 0.1) is 5.82 Å². The molecule has 2 aromatic carbocycles. The summed E-state index contributed by atoms with van der Waals surface area (Å²) in [4.78, 5) is 28.6. The third-order valence-corrected chi connectivity index (χ3v) is 5.19. The number of methoxy groups -OCH3 is 1. The van der Waals surface area contributed by atoms with Gasteiger partial charge in [0.15, 0.2) is 4.80 Å². The summed E-state index contributed by atoms with van der Waals surface area (Å²) < 4.78 is 20.9. The van der Waals surface area contributed by atoms with E-state index in [-0.39, 0.29) is 6.54 Å². The van der Waals surface area contributed by atoms with Crippen LogP contribution in [0.25, 0.3) is 10.2 Å². The molecule has 5 nitrogen and oxygen atoms in total. The highest BCUT2D eigenvalue weighted by Crippen LogP contribution is 2.20. The largest absolute Gasteiger partial charge is 0.468 e. The Morgan fingerprint density at radius 1 is 1.28 bits per heavy atom. The Kier molecular flexibility index (Phi) is 5.10. The fraction of sp³-hybridized carbons (Fsp3) is 0.118. The molecule has 3 aromatic rings. The highest BCUT2D eigenvalue weighted by molar-refractivity contribution is 9.10. The van der Waals surface area contributed by atoms with Gasteiger partial charge in [-0.05, 0) is 46.3 Å². The first-order valence-electron chi connectivity index (χ1n) is 7.19. The summed E-state index contributed by atoms with van der Waals surface area (Å²) in [6.45, 7) is -0.121. The van der Waals surface area contributed by atoms with E-state index < -0.39 is 17.7 Å². The molecule has 128 valence electrons. The number of carbonyl (C=O) groups excluding carboxylic acids is 2. The molecule has 0 bridgehead atoms. The molecule has 0 fully saturated rings. The summed E-state index contributed by atoms with van der Waals surface area (Å²) in [5.41, 5.74) is 1.01. The maximum absolute atomic E-state index is 13.5. The van der Waals surface area contributed by atoms with Gasteiger partial charge in [-0.1, -0.05) is 23.5 Å². The number of nitrogens with zero attached hydrogens (tertiary/aromatic N) is 2. The quantitative estimate of drug-likeness (QED) is 0.606. The van der Waals surface area contributed by atoms with E-state index in [2.05, 4.69) is 20.9 Å². The van der Waals surface area contributed by atoms with Gasteiger partial charge in [-0.15, -0.1) is 0 Å². The van der Waals surface area contributed by atoms with Crippen LogP contribution in [0.4, 0.5) is 4.39 Å². The molecule has 0 spiro atoms. The Bertz CT molecular complexity index is 1040. The number of esters is 1. The molecular weight excluding hydrogens is 411 g/mol. The Morgan fingerprint density at radius 3 is 2.76 bits per heavy atom. The predicted octanol–water partition coefficient (Wildman–Crippen LogP) is 3.52. The van der Waals surface area contributed by atoms with Gasteiger partial charge < -0.3 is 9.30 Å². The molecule has 8 heteroatoms. The Balaban J connectivity index is 2.17. The van der Waals surface area contributed by atoms with E-state index in [1.54, 1.807) is 34.9 Å². The lowest BCUT2D eigenvalue weighted by Gasteiger charge is -2.03. The zero-order chi connectivity index (χ0) is 18.0. The number of rotatable bonds is 3. The van der Waals surface area contributed by atoms with Crippen LogP contribution in [0.3, 0.4) is 0 Å². The van der Waals surface area contributed by atoms with Crippen molar-refractivity contribution in [3.8, 4) is 0 Å². The van der Waals surface area contributed by atoms with Gasteiger partial charge in [0.1, 0.15) is 12.4 Å². The molecule has 0 saturated heterocycles. The summed E-state index contributed by atoms with van der Waals surface area (Å²) in [6.07, 6.45) is 0. The van der Waals surface area contributed by atoms with E-state index in [0.717, 1.165) is 11.3 Å². The molecule has 1 aromatic heterocycles. The number of benzene rings is 2. The molecule has 25 heavy (non-hydrogen) atoms. The van der Waals surface area contributed by atoms with Crippen LogP contribution in [0.1, 0.15) is 10.4 Å². The molecule has 1 heterocycles. The number of amides is 1. The zero-order valence-electron chi connectivity index (χ0n) is 13.0. The average molecular weight is 423 g/mol. The monoisotopic (exact) mass is 422 g/mol. The van der Waals surface area contributed by atoms with Crippen LogP contribution in [-0.4, -0.2) is 23.6 Å². The molecular formula is C17H12BrFN2O3S. The lowest BCUT2D eigenvalue weighted by atomic mass is 10.2. The van der Waals surface area contributed by atoms with Crippen molar-refractivity contribution in [1.82, 2.24) is 4.57 Å². The molecule has 1 amide bonds. The minimum atomic E-state index is -0.487. The summed E-state index contributed by atoms with van der Waals surface area (Å²) >= 11 is 4.45. The molecule has 0 aliphatic heterocycles. The summed E-state index contributed by atoms with van der Waals surface area (Å²) in [6, 6.07) is 11.1. The highest BCUT2D eigenvalue weighted by atomic mass is 79.9. The van der Waals surface area contributed by atoms with Crippen LogP contribution >= 0.6 is 27.3 Å². The number of hydrogen-bond donors (Lipinski definition) is 0. The molecule has 0 N–H and O–H groups in total. The van der Waals surface area contributed by atoms with Gasteiger partial charge in [0.05, 0.1) is 22.9 Å². The maximum Gasteiger partial charge on any atom is 0.325 e. The van der Waals surface area contributed by atoms with E-state index in [4.69, 9.17) is 4.74 Å². The number of ether oxygens (including phenoxy) is 1. The summed E-state index contributed by atoms with van der Waals surface area (Å²) in [5, 5.41) is 0. The van der Waals surface area contributed by atoms with Crippen molar-refractivity contribution in [1.29, 1.82) is 0 Å². The standard InChI is InChI=1S/C17H12BrFN2O3S/c1-24-15(22)9-21-13-7-6-10(19)8-14(13)25-17(21)20-16(23)11-4-2-3-5-12(11)18/h2-8H,9H2,1H3. The molecule has 0 unspecified atom stereocenters. The second-order valence-electron chi connectivity index (χ2n) is 5.06. The number of carbonyl (C=O) groups is 2. The first kappa shape index (κ1) is 17.5. The van der Waals surface area contributed by atoms with E-state index in [0.29, 0.717) is 25.1 Å². The molecule has 0 saturated carbocycles. The Morgan fingerprint density at radius 2 is 2.04 bits per heavy atom. The van der Waals surface area contributed by atoms with Crippen molar-refractivity contribution in [2.75, 3.05) is 7.11 Å². The van der Waals surface area contributed by atoms with Crippen molar-refractivity contribution < 1.29 is 18.7 Å². The molecule has 0 aliphatic carbocycles. The first-order valence-corrected chi connectivity index (χ1v) is 8.80. The summed E-state index contributed by atoms with van der Waals surface area (Å²) in [5.74, 6) is -1.35. The van der Waals surface area contributed by atoms with Crippen LogP contribution in [-0.2, 0) is 16.1 Å². The third kappa shape index (κ3) is 3.69. The second kappa shape index (κ2) is 7.28. The van der Waals surface area contributed by atoms with Gasteiger partial charge in [-0.25, -0.2) is 4.39 Å². The van der Waals surface area contributed by atoms with Crippen molar-refractivity contribution >= 4 is 49.4 Å². The van der Waals surface area contributed by atoms with E-state index in [1.807, 2.05) is 0 Å². The average Bonchev–Trinajstić information content (AvgIpc) is 2.91. The van der Waals surface area contributed by atoms with Crippen molar-refractivity contribution in [3.63, 3.8) is 0 Å². The zero-order valence-corrected chi connectivity index (χ0v) is 15.4. The van der Waals surface area contributed by atoms with Gasteiger partial charge >= 0.3 is 5.97 Å². The van der Waals surface area contributed by atoms with Gasteiger partial charge in [0, 0.05) is 4.47 Å². The van der Waals surface area contributed by atoms with Gasteiger partial charge in [-0.2, -0.15) is 4.99 Å². The highest BCUT2D eigenvalue weighted by Gasteiger charge is 2.14. The van der Waals surface area contributed by atoms with E-state index >= 15 is 0 Å². The Hall–Kier alpha value is -2.32. The van der Waals surface area contributed by atoms with Crippen LogP contribution in [0.5, 0.6) is 0 Å². The van der Waals surface area contributed by atoms with Crippen molar-refractivity contribution in [2.45, 2.75) is 6.54 Å². The van der Waals surface area contributed by atoms with E-state index in [9.17, 15) is 14.0 Å². The molecule has 0 atom stereocenters. The predicted molar refractivity (Wildman–Crippen MR) is 95.8 cm³/mol. The normalized spacial score (nSPS) is 11.7. The van der Waals surface area contributed by atoms with Crippen LogP contribution < -0.4 is 4.80 Å². The summed E-state index contributed by atoms with van der Waals surface area (Å²) in [7, 11) is 1.28. The smallest absolute Gasteiger partial charge is 0.325 e. The van der Waals surface area contributed by atoms with E-state index in [1.165, 1.54) is 19.2 Å². The Labute approximate surface area is 154 Å². The number of hydrogen-bond acceptors (Lipinski definition) is 4. The molecule has 0 aliphatic rings. The number of aromatic nitrogens is 1. The number of halogens is 2. The van der Waals surface area contributed by atoms with Gasteiger partial charge in [0.2, 0.25) is 0 Å². The SMILES string of the molecule is COC(=O)Cn1c(=NC(=O)c2ccccc2Br)sc2cc(F)ccc21. The first-order chi connectivity index (χ1) is 12.0. The maximum atomic E-state index is 13.5. The van der Waals surface area contributed by atoms with Crippen molar-refractivity contribution in [2.24, 2.45) is 4.99 Å². The van der Waals surface area contributed by atoms with Gasteiger partial charge in [-0.3, -0.25) is 9.59 Å². The fourth-order valence-electron chi connectivity index (χ4n) is 2.26. The third-order valence-electron chi connectivity index (χ3n) is 3.46. The minimum Gasteiger partial charge on any atom is -0.468 e. The van der Waals surface area contributed by atoms with Crippen molar-refractivity contribution in [3.05, 3.63) is 63.1 Å². The van der Waals surface area contributed by atoms with Crippen LogP contribution in [0.2, 0.25) is 0 Å². The van der Waals surface area contributed by atoms with Crippen LogP contribution in [0.15, 0.2) is 51.9 Å². The topological polar surface area (TPSA) is 60.7 Å². The fourth-order valence-corrected chi connectivity index (χ4v) is 3.77. The molecule has 3 rings (SSSR count). The second-order valence-corrected chi connectivity index (χ2v) is 6.92. The number of thiazole rings is 1. The molecule has 0 radical (unpaired) electrons. The number of fused-ring (bicyclic) bond motifs is 1. The van der Waals surface area contributed by atoms with Gasteiger partial charge in [0.25, 0.3) is 5.91 Å². The lowest BCUT2D eigenvalue weighted by molar-refractivity contribution is -0.141.